The fourth-order valence-corrected chi connectivity index (χ4v) is 3.89. The number of nitrogens with zero attached hydrogens (tertiary/aromatic N) is 2. The van der Waals surface area contributed by atoms with Crippen LogP contribution in [0.1, 0.15) is 15.9 Å². The normalized spacial score (nSPS) is 16.0. The Morgan fingerprint density at radius 3 is 2.76 bits per heavy atom. The zero-order chi connectivity index (χ0) is 15.0. The molecule has 108 valence electrons. The molecule has 0 bridgehead atoms. The SMILES string of the molecule is Nc1ccc2c(c1)S(=O)(=O)N(CCc1cccnc1)C2=O. The van der Waals surface area contributed by atoms with Gasteiger partial charge in [0.05, 0.1) is 5.56 Å². The Bertz CT molecular complexity index is 803. The molecule has 1 aromatic heterocycles. The number of benzene rings is 1. The molecule has 3 rings (SSSR count). The molecule has 0 fully saturated rings. The van der Waals surface area contributed by atoms with Gasteiger partial charge in [0.2, 0.25) is 0 Å². The Morgan fingerprint density at radius 1 is 1.24 bits per heavy atom. The highest BCUT2D eigenvalue weighted by Gasteiger charge is 2.40. The van der Waals surface area contributed by atoms with Gasteiger partial charge >= 0.3 is 0 Å². The summed E-state index contributed by atoms with van der Waals surface area (Å²) in [5, 5.41) is 0. The number of carbonyl (C=O) groups is 1. The van der Waals surface area contributed by atoms with E-state index in [2.05, 4.69) is 4.98 Å². The first-order chi connectivity index (χ1) is 10.00. The van der Waals surface area contributed by atoms with Crippen LogP contribution in [0.4, 0.5) is 5.69 Å². The standard InChI is InChI=1S/C14H13N3O3S/c15-11-3-4-12-13(8-11)21(19,20)17(14(12)18)7-5-10-2-1-6-16-9-10/h1-4,6,8-9H,5,7,15H2. The first-order valence-corrected chi connectivity index (χ1v) is 7.79. The van der Waals surface area contributed by atoms with E-state index < -0.39 is 15.9 Å². The summed E-state index contributed by atoms with van der Waals surface area (Å²) >= 11 is 0. The van der Waals surface area contributed by atoms with Crippen LogP contribution in [0.25, 0.3) is 0 Å². The summed E-state index contributed by atoms with van der Waals surface area (Å²) in [5.74, 6) is -0.506. The molecule has 2 aromatic rings. The number of hydrogen-bond donors (Lipinski definition) is 1. The van der Waals surface area contributed by atoms with Gasteiger partial charge in [-0.05, 0) is 36.2 Å². The van der Waals surface area contributed by atoms with E-state index in [-0.39, 0.29) is 17.0 Å². The van der Waals surface area contributed by atoms with Crippen LogP contribution >= 0.6 is 0 Å². The third kappa shape index (κ3) is 2.25. The summed E-state index contributed by atoms with van der Waals surface area (Å²) in [7, 11) is -3.80. The number of rotatable bonds is 3. The van der Waals surface area contributed by atoms with E-state index in [0.717, 1.165) is 9.87 Å². The molecule has 0 saturated heterocycles. The van der Waals surface area contributed by atoms with Crippen LogP contribution < -0.4 is 5.73 Å². The Labute approximate surface area is 122 Å². The first kappa shape index (κ1) is 13.6. The van der Waals surface area contributed by atoms with Crippen molar-refractivity contribution in [2.75, 3.05) is 12.3 Å². The summed E-state index contributed by atoms with van der Waals surface area (Å²) in [6.45, 7) is 0.0848. The second-order valence-corrected chi connectivity index (χ2v) is 6.58. The molecule has 2 N–H and O–H groups in total. The molecule has 0 unspecified atom stereocenters. The van der Waals surface area contributed by atoms with Gasteiger partial charge in [0.15, 0.2) is 0 Å². The molecule has 0 saturated carbocycles. The lowest BCUT2D eigenvalue weighted by Gasteiger charge is -2.14. The number of hydrogen-bond acceptors (Lipinski definition) is 5. The summed E-state index contributed by atoms with van der Waals surface area (Å²) in [5.41, 5.74) is 6.97. The van der Waals surface area contributed by atoms with Gasteiger partial charge in [-0.2, -0.15) is 0 Å². The van der Waals surface area contributed by atoms with Crippen molar-refractivity contribution in [3.63, 3.8) is 0 Å². The van der Waals surface area contributed by atoms with E-state index in [1.807, 2.05) is 6.07 Å². The topological polar surface area (TPSA) is 93.4 Å². The lowest BCUT2D eigenvalue weighted by Crippen LogP contribution is -2.32. The Balaban J connectivity index is 1.90. The molecule has 2 heterocycles. The minimum Gasteiger partial charge on any atom is -0.399 e. The number of nitrogens with two attached hydrogens (primary N) is 1. The van der Waals surface area contributed by atoms with Gasteiger partial charge in [0.25, 0.3) is 15.9 Å². The summed E-state index contributed by atoms with van der Waals surface area (Å²) in [6, 6.07) is 7.91. The molecule has 0 spiro atoms. The van der Waals surface area contributed by atoms with Gasteiger partial charge in [0.1, 0.15) is 4.90 Å². The largest absolute Gasteiger partial charge is 0.399 e. The van der Waals surface area contributed by atoms with Crippen LogP contribution in [0.5, 0.6) is 0 Å². The van der Waals surface area contributed by atoms with Crippen LogP contribution in [0.2, 0.25) is 0 Å². The van der Waals surface area contributed by atoms with Crippen LogP contribution in [-0.2, 0) is 16.4 Å². The van der Waals surface area contributed by atoms with Gasteiger partial charge in [-0.3, -0.25) is 9.78 Å². The molecule has 1 aromatic carbocycles. The van der Waals surface area contributed by atoms with Crippen molar-refractivity contribution in [1.29, 1.82) is 0 Å². The number of anilines is 1. The lowest BCUT2D eigenvalue weighted by molar-refractivity contribution is 0.0872. The van der Waals surface area contributed by atoms with Crippen LogP contribution in [0.15, 0.2) is 47.6 Å². The summed E-state index contributed by atoms with van der Waals surface area (Å²) in [4.78, 5) is 16.2. The number of nitrogen functional groups attached to an aromatic ring is 1. The maximum atomic E-state index is 12.4. The van der Waals surface area contributed by atoms with Crippen LogP contribution in [0.3, 0.4) is 0 Å². The molecule has 1 aliphatic rings. The Kier molecular flexibility index (Phi) is 3.13. The molecule has 21 heavy (non-hydrogen) atoms. The molecular formula is C14H13N3O3S. The van der Waals surface area contributed by atoms with Crippen molar-refractivity contribution in [2.24, 2.45) is 0 Å². The predicted molar refractivity (Wildman–Crippen MR) is 77.0 cm³/mol. The van der Waals surface area contributed by atoms with Crippen LogP contribution in [-0.4, -0.2) is 30.2 Å². The van der Waals surface area contributed by atoms with Crippen molar-refractivity contribution in [2.45, 2.75) is 11.3 Å². The van der Waals surface area contributed by atoms with Crippen molar-refractivity contribution in [3.05, 3.63) is 53.9 Å². The highest BCUT2D eigenvalue weighted by Crippen LogP contribution is 2.31. The fraction of sp³-hybridized carbons (Fsp3) is 0.143. The van der Waals surface area contributed by atoms with Crippen molar-refractivity contribution in [3.8, 4) is 0 Å². The van der Waals surface area contributed by atoms with Gasteiger partial charge in [0, 0.05) is 24.6 Å². The lowest BCUT2D eigenvalue weighted by atomic mass is 10.2. The molecule has 7 heteroatoms. The fourth-order valence-electron chi connectivity index (χ4n) is 2.29. The maximum absolute atomic E-state index is 12.4. The number of sulfonamides is 1. The average Bonchev–Trinajstić information content (AvgIpc) is 2.65. The molecule has 0 aliphatic carbocycles. The number of pyridine rings is 1. The highest BCUT2D eigenvalue weighted by atomic mass is 32.2. The van der Waals surface area contributed by atoms with Gasteiger partial charge in [-0.25, -0.2) is 12.7 Å². The molecule has 1 amide bonds. The second kappa shape index (κ2) is 4.85. The smallest absolute Gasteiger partial charge is 0.269 e. The predicted octanol–water partition coefficient (Wildman–Crippen LogP) is 1.05. The van der Waals surface area contributed by atoms with Crippen molar-refractivity contribution >= 4 is 21.6 Å². The maximum Gasteiger partial charge on any atom is 0.269 e. The molecule has 0 atom stereocenters. The van der Waals surface area contributed by atoms with Crippen molar-refractivity contribution in [1.82, 2.24) is 9.29 Å². The third-order valence-electron chi connectivity index (χ3n) is 3.36. The Morgan fingerprint density at radius 2 is 2.05 bits per heavy atom. The number of fused-ring (bicyclic) bond motifs is 1. The number of amides is 1. The minimum atomic E-state index is -3.80. The van der Waals surface area contributed by atoms with Gasteiger partial charge < -0.3 is 5.73 Å². The van der Waals surface area contributed by atoms with E-state index in [1.165, 1.54) is 18.2 Å². The van der Waals surface area contributed by atoms with E-state index in [0.29, 0.717) is 12.1 Å². The molecule has 1 aliphatic heterocycles. The van der Waals surface area contributed by atoms with E-state index in [1.54, 1.807) is 18.5 Å². The monoisotopic (exact) mass is 303 g/mol. The first-order valence-electron chi connectivity index (χ1n) is 6.35. The molecule has 6 nitrogen and oxygen atoms in total. The third-order valence-corrected chi connectivity index (χ3v) is 5.18. The zero-order valence-electron chi connectivity index (χ0n) is 11.1. The van der Waals surface area contributed by atoms with E-state index >= 15 is 0 Å². The number of aromatic nitrogens is 1. The summed E-state index contributed by atoms with van der Waals surface area (Å²) in [6.07, 6.45) is 3.71. The summed E-state index contributed by atoms with van der Waals surface area (Å²) < 4.78 is 25.7. The molecular weight excluding hydrogens is 290 g/mol. The number of carbonyl (C=O) groups excluding carboxylic acids is 1. The van der Waals surface area contributed by atoms with E-state index in [9.17, 15) is 13.2 Å². The second-order valence-electron chi connectivity index (χ2n) is 4.75. The molecule has 0 radical (unpaired) electrons. The van der Waals surface area contributed by atoms with Gasteiger partial charge in [-0.1, -0.05) is 6.07 Å². The van der Waals surface area contributed by atoms with Gasteiger partial charge in [-0.15, -0.1) is 0 Å². The highest BCUT2D eigenvalue weighted by molar-refractivity contribution is 7.90. The Hall–Kier alpha value is -2.41. The quantitative estimate of drug-likeness (QED) is 0.855. The zero-order valence-corrected chi connectivity index (χ0v) is 11.9. The van der Waals surface area contributed by atoms with Crippen molar-refractivity contribution < 1.29 is 13.2 Å². The minimum absolute atomic E-state index is 0.0151. The van der Waals surface area contributed by atoms with Crippen LogP contribution in [0, 0.1) is 0 Å². The average molecular weight is 303 g/mol. The van der Waals surface area contributed by atoms with E-state index in [4.69, 9.17) is 5.73 Å².